The number of carbonyl (C=O) groups excluding carboxylic acids is 3. The van der Waals surface area contributed by atoms with E-state index in [1.165, 1.54) is 24.2 Å². The van der Waals surface area contributed by atoms with Crippen LogP contribution in [-0.4, -0.2) is 46.6 Å². The van der Waals surface area contributed by atoms with E-state index in [0.717, 1.165) is 0 Å². The third-order valence-electron chi connectivity index (χ3n) is 3.08. The summed E-state index contributed by atoms with van der Waals surface area (Å²) < 4.78 is 0. The molecule has 2 heterocycles. The van der Waals surface area contributed by atoms with Crippen molar-refractivity contribution in [3.8, 4) is 0 Å². The molecule has 0 saturated heterocycles. The summed E-state index contributed by atoms with van der Waals surface area (Å²) in [6.45, 7) is -0.233. The van der Waals surface area contributed by atoms with Gasteiger partial charge in [0.2, 0.25) is 12.2 Å². The lowest BCUT2D eigenvalue weighted by atomic mass is 10.2. The maximum Gasteiger partial charge on any atom is 0.276 e. The Morgan fingerprint density at radius 2 is 1.75 bits per heavy atom. The number of aromatic nitrogens is 2. The van der Waals surface area contributed by atoms with Gasteiger partial charge in [0.15, 0.2) is 0 Å². The highest BCUT2D eigenvalue weighted by Gasteiger charge is 2.19. The second-order valence-corrected chi connectivity index (χ2v) is 4.69. The summed E-state index contributed by atoms with van der Waals surface area (Å²) in [5.74, 6) is -0.915. The van der Waals surface area contributed by atoms with Gasteiger partial charge in [0.05, 0.1) is 17.9 Å². The van der Waals surface area contributed by atoms with E-state index in [9.17, 15) is 14.4 Å². The minimum absolute atomic E-state index is 0.233. The molecule has 121 valence electrons. The molecule has 2 amide bonds. The number of carbonyl (C=O) groups is 2. The molecule has 0 unspecified atom stereocenters. The highest BCUT2D eigenvalue weighted by Crippen LogP contribution is 2.17. The molecule has 0 aliphatic rings. The fraction of sp³-hybridized carbons (Fsp3) is 0.118. The Hall–Kier alpha value is -3.35. The number of nitrogens with zero attached hydrogens (tertiary/aromatic N) is 3. The first-order valence-electron chi connectivity index (χ1n) is 7.08. The fourth-order valence-corrected chi connectivity index (χ4v) is 1.93. The molecular weight excluding hydrogens is 308 g/mol. The van der Waals surface area contributed by atoms with Gasteiger partial charge >= 0.3 is 0 Å². The predicted octanol–water partition coefficient (Wildman–Crippen LogP) is 0.816. The van der Waals surface area contributed by atoms with E-state index in [2.05, 4.69) is 15.3 Å². The van der Waals surface area contributed by atoms with Crippen LogP contribution in [0.5, 0.6) is 0 Å². The third-order valence-corrected chi connectivity index (χ3v) is 3.08. The van der Waals surface area contributed by atoms with Crippen LogP contribution in [0.4, 0.5) is 0 Å². The van der Waals surface area contributed by atoms with Gasteiger partial charge in [0, 0.05) is 25.5 Å². The van der Waals surface area contributed by atoms with Gasteiger partial charge in [0.25, 0.3) is 5.91 Å². The van der Waals surface area contributed by atoms with Crippen molar-refractivity contribution in [2.24, 2.45) is 0 Å². The van der Waals surface area contributed by atoms with Gasteiger partial charge < -0.3 is 10.2 Å². The maximum absolute atomic E-state index is 12.6. The summed E-state index contributed by atoms with van der Waals surface area (Å²) >= 11 is 0. The molecule has 0 aliphatic carbocycles. The van der Waals surface area contributed by atoms with Crippen LogP contribution in [0.25, 0.3) is 5.70 Å². The van der Waals surface area contributed by atoms with E-state index in [4.69, 9.17) is 0 Å². The van der Waals surface area contributed by atoms with Gasteiger partial charge in [-0.25, -0.2) is 0 Å². The zero-order valence-corrected chi connectivity index (χ0v) is 13.0. The van der Waals surface area contributed by atoms with Crippen molar-refractivity contribution in [3.63, 3.8) is 0 Å². The zero-order valence-electron chi connectivity index (χ0n) is 13.0. The van der Waals surface area contributed by atoms with Crippen molar-refractivity contribution < 1.29 is 14.4 Å². The van der Waals surface area contributed by atoms with Crippen molar-refractivity contribution in [1.29, 1.82) is 0 Å². The Balaban J connectivity index is 2.35. The first-order chi connectivity index (χ1) is 11.6. The molecule has 0 fully saturated rings. The van der Waals surface area contributed by atoms with Crippen LogP contribution in [0.1, 0.15) is 16.2 Å². The largest absolute Gasteiger partial charge is 0.345 e. The Bertz CT molecular complexity index is 745. The first kappa shape index (κ1) is 17.0. The Morgan fingerprint density at radius 3 is 2.29 bits per heavy atom. The van der Waals surface area contributed by atoms with Gasteiger partial charge in [-0.15, -0.1) is 0 Å². The first-order valence-corrected chi connectivity index (χ1v) is 7.08. The van der Waals surface area contributed by atoms with Gasteiger partial charge in [-0.05, 0) is 24.3 Å². The molecule has 2 aromatic heterocycles. The molecule has 24 heavy (non-hydrogen) atoms. The van der Waals surface area contributed by atoms with E-state index in [1.54, 1.807) is 48.9 Å². The zero-order chi connectivity index (χ0) is 17.4. The molecule has 2 rings (SSSR count). The molecule has 7 heteroatoms. The van der Waals surface area contributed by atoms with E-state index in [0.29, 0.717) is 5.69 Å². The summed E-state index contributed by atoms with van der Waals surface area (Å²) in [5, 5.41) is 2.35. The second-order valence-electron chi connectivity index (χ2n) is 4.69. The van der Waals surface area contributed by atoms with Crippen LogP contribution in [0.3, 0.4) is 0 Å². The van der Waals surface area contributed by atoms with Crippen LogP contribution in [0.15, 0.2) is 54.9 Å². The smallest absolute Gasteiger partial charge is 0.276 e. The molecule has 0 spiro atoms. The van der Waals surface area contributed by atoms with Gasteiger partial charge in [-0.1, -0.05) is 12.1 Å². The molecule has 1 N–H and O–H groups in total. The summed E-state index contributed by atoms with van der Waals surface area (Å²) in [7, 11) is 1.52. The van der Waals surface area contributed by atoms with Crippen LogP contribution < -0.4 is 5.32 Å². The standard InChI is InChI=1S/C17H15N4O3/c1-21(17(24)14-7-3-5-9-19-14)15(12-16(23)20-10-11-22)13-6-2-4-8-18-13/h2-9,12H,10H2,1H3,(H,20,23). The summed E-state index contributed by atoms with van der Waals surface area (Å²) in [6.07, 6.45) is 5.85. The minimum Gasteiger partial charge on any atom is -0.345 e. The molecule has 0 aromatic carbocycles. The van der Waals surface area contributed by atoms with Crippen LogP contribution in [0, 0.1) is 0 Å². The quantitative estimate of drug-likeness (QED) is 0.794. The Kier molecular flexibility index (Phi) is 5.90. The number of hydrogen-bond acceptors (Lipinski definition) is 5. The fourth-order valence-electron chi connectivity index (χ4n) is 1.93. The average molecular weight is 323 g/mol. The van der Waals surface area contributed by atoms with Crippen LogP contribution in [-0.2, 0) is 9.59 Å². The summed E-state index contributed by atoms with van der Waals surface area (Å²) in [4.78, 5) is 44.2. The van der Waals surface area contributed by atoms with Crippen molar-refractivity contribution >= 4 is 23.8 Å². The number of nitrogens with one attached hydrogen (secondary N) is 1. The van der Waals surface area contributed by atoms with E-state index in [-0.39, 0.29) is 23.8 Å². The molecular formula is C17H15N4O3. The minimum atomic E-state index is -0.528. The lowest BCUT2D eigenvalue weighted by Crippen LogP contribution is -2.29. The third kappa shape index (κ3) is 4.33. The molecule has 0 aliphatic heterocycles. The van der Waals surface area contributed by atoms with E-state index in [1.807, 2.05) is 0 Å². The average Bonchev–Trinajstić information content (AvgIpc) is 2.64. The Morgan fingerprint density at radius 1 is 1.12 bits per heavy atom. The van der Waals surface area contributed by atoms with Crippen molar-refractivity contribution in [2.75, 3.05) is 13.6 Å². The van der Waals surface area contributed by atoms with Crippen molar-refractivity contribution in [2.45, 2.75) is 0 Å². The molecule has 2 aromatic rings. The highest BCUT2D eigenvalue weighted by atomic mass is 16.2. The SMILES string of the molecule is CN(C(=O)c1ccccn1)C(=CC(=O)NC[C]=O)c1ccccn1. The molecule has 0 saturated carbocycles. The lowest BCUT2D eigenvalue weighted by molar-refractivity contribution is -0.116. The number of amides is 2. The molecule has 7 nitrogen and oxygen atoms in total. The summed E-state index contributed by atoms with van der Waals surface area (Å²) in [6, 6.07) is 10.1. The normalized spacial score (nSPS) is 10.8. The maximum atomic E-state index is 12.6. The number of rotatable bonds is 6. The van der Waals surface area contributed by atoms with E-state index < -0.39 is 5.91 Å². The molecule has 1 radical (unpaired) electrons. The van der Waals surface area contributed by atoms with Crippen LogP contribution in [0.2, 0.25) is 0 Å². The van der Waals surface area contributed by atoms with Crippen molar-refractivity contribution in [1.82, 2.24) is 20.2 Å². The Labute approximate surface area is 139 Å². The molecule has 0 bridgehead atoms. The van der Waals surface area contributed by atoms with Crippen molar-refractivity contribution in [3.05, 3.63) is 66.3 Å². The van der Waals surface area contributed by atoms with Gasteiger partial charge in [-0.2, -0.15) is 0 Å². The monoisotopic (exact) mass is 323 g/mol. The molecule has 0 atom stereocenters. The van der Waals surface area contributed by atoms with Crippen LogP contribution >= 0.6 is 0 Å². The number of hydrogen-bond donors (Lipinski definition) is 1. The second kappa shape index (κ2) is 8.33. The lowest BCUT2D eigenvalue weighted by Gasteiger charge is -2.20. The van der Waals surface area contributed by atoms with Gasteiger partial charge in [-0.3, -0.25) is 24.4 Å². The summed E-state index contributed by atoms with van der Waals surface area (Å²) in [5.41, 5.74) is 0.965. The van der Waals surface area contributed by atoms with Gasteiger partial charge in [0.1, 0.15) is 5.69 Å². The number of pyridine rings is 2. The predicted molar refractivity (Wildman–Crippen MR) is 87.2 cm³/mol. The van der Waals surface area contributed by atoms with E-state index >= 15 is 0 Å². The highest BCUT2D eigenvalue weighted by molar-refractivity contribution is 6.02. The topological polar surface area (TPSA) is 92.3 Å².